The SMILES string of the molecule is C/C(=N\Nc1ccc(Cl)cc1)[N+](=O)[O-]. The van der Waals surface area contributed by atoms with E-state index in [4.69, 9.17) is 11.6 Å². The molecule has 0 saturated carbocycles. The van der Waals surface area contributed by atoms with E-state index in [-0.39, 0.29) is 5.84 Å². The maximum Gasteiger partial charge on any atom is 0.360 e. The van der Waals surface area contributed by atoms with Crippen LogP contribution in [0.2, 0.25) is 5.02 Å². The van der Waals surface area contributed by atoms with Crippen molar-refractivity contribution in [3.8, 4) is 0 Å². The van der Waals surface area contributed by atoms with Crippen LogP contribution < -0.4 is 5.43 Å². The van der Waals surface area contributed by atoms with Crippen LogP contribution in [0.3, 0.4) is 0 Å². The number of nitrogens with zero attached hydrogens (tertiary/aromatic N) is 2. The average Bonchev–Trinajstić information content (AvgIpc) is 2.16. The fourth-order valence-corrected chi connectivity index (χ4v) is 0.837. The summed E-state index contributed by atoms with van der Waals surface area (Å²) in [4.78, 5) is 9.62. The second-order valence-electron chi connectivity index (χ2n) is 2.53. The number of nitro groups is 1. The summed E-state index contributed by atoms with van der Waals surface area (Å²) in [6, 6.07) is 6.69. The minimum absolute atomic E-state index is 0.194. The highest BCUT2D eigenvalue weighted by molar-refractivity contribution is 6.30. The zero-order valence-electron chi connectivity index (χ0n) is 7.40. The largest absolute Gasteiger partial charge is 0.360 e. The Morgan fingerprint density at radius 2 is 2.07 bits per heavy atom. The smallest absolute Gasteiger partial charge is 0.358 e. The van der Waals surface area contributed by atoms with Crippen LogP contribution in [0, 0.1) is 10.1 Å². The Kier molecular flexibility index (Phi) is 3.41. The molecule has 6 heteroatoms. The van der Waals surface area contributed by atoms with Crippen molar-refractivity contribution in [1.82, 2.24) is 0 Å². The average molecular weight is 214 g/mol. The Balaban J connectivity index is 2.66. The van der Waals surface area contributed by atoms with Gasteiger partial charge in [-0.15, -0.1) is 0 Å². The third kappa shape index (κ3) is 3.02. The summed E-state index contributed by atoms with van der Waals surface area (Å²) in [6.45, 7) is 1.31. The van der Waals surface area contributed by atoms with Gasteiger partial charge < -0.3 is 10.1 Å². The van der Waals surface area contributed by atoms with Gasteiger partial charge in [-0.3, -0.25) is 0 Å². The molecule has 0 aliphatic heterocycles. The van der Waals surface area contributed by atoms with E-state index in [0.29, 0.717) is 10.7 Å². The van der Waals surface area contributed by atoms with Gasteiger partial charge in [-0.1, -0.05) is 11.6 Å². The van der Waals surface area contributed by atoms with Crippen LogP contribution in [-0.4, -0.2) is 10.8 Å². The van der Waals surface area contributed by atoms with Crippen molar-refractivity contribution in [3.05, 3.63) is 39.4 Å². The summed E-state index contributed by atoms with van der Waals surface area (Å²) in [7, 11) is 0. The molecule has 5 nitrogen and oxygen atoms in total. The van der Waals surface area contributed by atoms with E-state index in [1.54, 1.807) is 24.3 Å². The lowest BCUT2D eigenvalue weighted by Gasteiger charge is -1.95. The molecule has 1 aromatic carbocycles. The molecule has 1 rings (SSSR count). The van der Waals surface area contributed by atoms with Gasteiger partial charge in [0, 0.05) is 11.9 Å². The van der Waals surface area contributed by atoms with Crippen LogP contribution >= 0.6 is 11.6 Å². The van der Waals surface area contributed by atoms with Gasteiger partial charge in [0.1, 0.15) is 0 Å². The minimum atomic E-state index is -0.567. The molecule has 0 aliphatic carbocycles. The van der Waals surface area contributed by atoms with Gasteiger partial charge in [-0.05, 0) is 29.2 Å². The third-order valence-electron chi connectivity index (χ3n) is 1.46. The highest BCUT2D eigenvalue weighted by atomic mass is 35.5. The van der Waals surface area contributed by atoms with Crippen molar-refractivity contribution in [3.63, 3.8) is 0 Å². The summed E-state index contributed by atoms with van der Waals surface area (Å²) in [5, 5.41) is 14.3. The lowest BCUT2D eigenvalue weighted by molar-refractivity contribution is -0.351. The summed E-state index contributed by atoms with van der Waals surface area (Å²) in [5.74, 6) is -0.194. The number of anilines is 1. The number of hydrazone groups is 1. The van der Waals surface area contributed by atoms with Crippen LogP contribution in [0.5, 0.6) is 0 Å². The van der Waals surface area contributed by atoms with E-state index >= 15 is 0 Å². The topological polar surface area (TPSA) is 67.5 Å². The number of benzene rings is 1. The molecule has 14 heavy (non-hydrogen) atoms. The Morgan fingerprint density at radius 1 is 1.50 bits per heavy atom. The van der Waals surface area contributed by atoms with E-state index < -0.39 is 4.92 Å². The lowest BCUT2D eigenvalue weighted by atomic mass is 10.3. The molecule has 0 saturated heterocycles. The first-order valence-corrected chi connectivity index (χ1v) is 4.17. The fraction of sp³-hybridized carbons (Fsp3) is 0.125. The Hall–Kier alpha value is -1.62. The second kappa shape index (κ2) is 4.57. The van der Waals surface area contributed by atoms with E-state index in [9.17, 15) is 10.1 Å². The monoisotopic (exact) mass is 213 g/mol. The maximum atomic E-state index is 10.2. The van der Waals surface area contributed by atoms with Crippen molar-refractivity contribution in [2.45, 2.75) is 6.92 Å². The normalized spacial score (nSPS) is 11.1. The van der Waals surface area contributed by atoms with Crippen LogP contribution in [0.25, 0.3) is 0 Å². The Labute approximate surface area is 85.5 Å². The van der Waals surface area contributed by atoms with Gasteiger partial charge in [0.15, 0.2) is 0 Å². The minimum Gasteiger partial charge on any atom is -0.358 e. The number of nitrogens with one attached hydrogen (secondary N) is 1. The fourth-order valence-electron chi connectivity index (χ4n) is 0.711. The van der Waals surface area contributed by atoms with E-state index in [0.717, 1.165) is 0 Å². The summed E-state index contributed by atoms with van der Waals surface area (Å²) in [6.07, 6.45) is 0. The van der Waals surface area contributed by atoms with Crippen LogP contribution in [0.1, 0.15) is 6.92 Å². The number of hydrogen-bond donors (Lipinski definition) is 1. The van der Waals surface area contributed by atoms with Gasteiger partial charge in [0.05, 0.1) is 10.8 Å². The molecule has 74 valence electrons. The van der Waals surface area contributed by atoms with E-state index in [2.05, 4.69) is 10.5 Å². The predicted molar refractivity (Wildman–Crippen MR) is 55.2 cm³/mol. The van der Waals surface area contributed by atoms with Crippen molar-refractivity contribution < 1.29 is 4.92 Å². The van der Waals surface area contributed by atoms with E-state index in [1.807, 2.05) is 0 Å². The highest BCUT2D eigenvalue weighted by Crippen LogP contribution is 2.13. The molecule has 0 unspecified atom stereocenters. The molecule has 0 heterocycles. The van der Waals surface area contributed by atoms with Crippen molar-refractivity contribution in [2.75, 3.05) is 5.43 Å². The second-order valence-corrected chi connectivity index (χ2v) is 2.97. The van der Waals surface area contributed by atoms with Gasteiger partial charge >= 0.3 is 5.84 Å². The van der Waals surface area contributed by atoms with Crippen molar-refractivity contribution >= 4 is 23.1 Å². The third-order valence-corrected chi connectivity index (χ3v) is 1.71. The first-order valence-electron chi connectivity index (χ1n) is 3.80. The highest BCUT2D eigenvalue weighted by Gasteiger charge is 2.02. The van der Waals surface area contributed by atoms with E-state index in [1.165, 1.54) is 6.92 Å². The standard InChI is InChI=1S/C8H8ClN3O2/c1-6(12(13)14)10-11-8-4-2-7(9)3-5-8/h2-5,11H,1H3/b10-6+. The molecule has 0 aliphatic rings. The van der Waals surface area contributed by atoms with Crippen molar-refractivity contribution in [1.29, 1.82) is 0 Å². The van der Waals surface area contributed by atoms with Gasteiger partial charge in [-0.2, -0.15) is 5.43 Å². The Bertz CT molecular complexity index is 361. The van der Waals surface area contributed by atoms with Crippen LogP contribution in [-0.2, 0) is 0 Å². The molecular weight excluding hydrogens is 206 g/mol. The number of hydrogen-bond acceptors (Lipinski definition) is 4. The molecule has 0 amide bonds. The molecule has 0 bridgehead atoms. The molecule has 0 atom stereocenters. The molecule has 0 spiro atoms. The van der Waals surface area contributed by atoms with Gasteiger partial charge in [0.2, 0.25) is 0 Å². The zero-order valence-corrected chi connectivity index (χ0v) is 8.15. The van der Waals surface area contributed by atoms with Gasteiger partial charge in [-0.25, -0.2) is 0 Å². The number of halogens is 1. The van der Waals surface area contributed by atoms with Crippen molar-refractivity contribution in [2.24, 2.45) is 5.10 Å². The number of amidine groups is 1. The number of rotatable bonds is 2. The summed E-state index contributed by atoms with van der Waals surface area (Å²) >= 11 is 5.65. The summed E-state index contributed by atoms with van der Waals surface area (Å²) in [5.41, 5.74) is 3.19. The molecule has 0 aromatic heterocycles. The predicted octanol–water partition coefficient (Wildman–Crippen LogP) is 2.36. The molecular formula is C8H8ClN3O2. The van der Waals surface area contributed by atoms with Crippen LogP contribution in [0.4, 0.5) is 5.69 Å². The quantitative estimate of drug-likeness (QED) is 0.355. The molecule has 0 fully saturated rings. The molecule has 0 radical (unpaired) electrons. The molecule has 1 N–H and O–H groups in total. The Morgan fingerprint density at radius 3 is 2.57 bits per heavy atom. The lowest BCUT2D eigenvalue weighted by Crippen LogP contribution is -2.08. The summed E-state index contributed by atoms with van der Waals surface area (Å²) < 4.78 is 0. The van der Waals surface area contributed by atoms with Gasteiger partial charge in [0.25, 0.3) is 0 Å². The first kappa shape index (κ1) is 10.5. The van der Waals surface area contributed by atoms with Crippen LogP contribution in [0.15, 0.2) is 29.4 Å². The zero-order chi connectivity index (χ0) is 10.6. The first-order chi connectivity index (χ1) is 6.59. The maximum absolute atomic E-state index is 10.2. The molecule has 1 aromatic rings.